The predicted octanol–water partition coefficient (Wildman–Crippen LogP) is 2.70. The maximum absolute atomic E-state index is 15.0. The number of nitriles is 1. The number of benzene rings is 1. The summed E-state index contributed by atoms with van der Waals surface area (Å²) in [5.74, 6) is -1.39. The molecule has 0 amide bonds. The molecule has 112 valence electrons. The van der Waals surface area contributed by atoms with E-state index < -0.39 is 17.3 Å². The van der Waals surface area contributed by atoms with E-state index in [0.29, 0.717) is 12.6 Å². The van der Waals surface area contributed by atoms with Crippen LogP contribution >= 0.6 is 0 Å². The molecule has 2 aromatic rings. The van der Waals surface area contributed by atoms with Gasteiger partial charge in [0.25, 0.3) is 0 Å². The minimum absolute atomic E-state index is 0.0380. The number of halogens is 3. The van der Waals surface area contributed by atoms with Gasteiger partial charge in [-0.05, 0) is 23.8 Å². The smallest absolute Gasteiger partial charge is 0.226 e. The highest BCUT2D eigenvalue weighted by molar-refractivity contribution is 5.39. The minimum atomic E-state index is -1.88. The molecule has 22 heavy (non-hydrogen) atoms. The molecule has 1 fully saturated rings. The van der Waals surface area contributed by atoms with Crippen molar-refractivity contribution in [3.63, 3.8) is 0 Å². The fraction of sp³-hybridized carbons (Fsp3) is 0.267. The molecule has 0 aliphatic carbocycles. The third kappa shape index (κ3) is 2.60. The van der Waals surface area contributed by atoms with Gasteiger partial charge in [0.1, 0.15) is 23.4 Å². The van der Waals surface area contributed by atoms with E-state index in [-0.39, 0.29) is 30.2 Å². The standard InChI is InChI=1S/C15H11F3N4/c16-11-5-10(6-12(17)7-11)15(18)2-4-22(9-15)14-20-3-1-13(8-19)21-14/h1,3,5-7H,2,4,9H2/t15-/m1/s1. The monoisotopic (exact) mass is 304 g/mol. The van der Waals surface area contributed by atoms with Gasteiger partial charge in [-0.3, -0.25) is 0 Å². The first-order chi connectivity index (χ1) is 10.5. The van der Waals surface area contributed by atoms with Crippen molar-refractivity contribution in [3.05, 3.63) is 53.4 Å². The summed E-state index contributed by atoms with van der Waals surface area (Å²) in [4.78, 5) is 9.58. The van der Waals surface area contributed by atoms with Crippen LogP contribution in [0.3, 0.4) is 0 Å². The Morgan fingerprint density at radius 2 is 1.95 bits per heavy atom. The maximum Gasteiger partial charge on any atom is 0.226 e. The SMILES string of the molecule is N#Cc1ccnc(N2CC[C@](F)(c3cc(F)cc(F)c3)C2)n1. The third-order valence-corrected chi connectivity index (χ3v) is 3.64. The lowest BCUT2D eigenvalue weighted by Gasteiger charge is -2.21. The molecule has 0 saturated carbocycles. The van der Waals surface area contributed by atoms with E-state index in [1.807, 2.05) is 6.07 Å². The van der Waals surface area contributed by atoms with Crippen LogP contribution in [0.4, 0.5) is 19.1 Å². The van der Waals surface area contributed by atoms with E-state index in [1.165, 1.54) is 12.3 Å². The highest BCUT2D eigenvalue weighted by Crippen LogP contribution is 2.37. The van der Waals surface area contributed by atoms with Gasteiger partial charge in [-0.15, -0.1) is 0 Å². The molecule has 1 atom stereocenters. The molecule has 0 radical (unpaired) electrons. The van der Waals surface area contributed by atoms with Gasteiger partial charge in [-0.1, -0.05) is 0 Å². The summed E-state index contributed by atoms with van der Waals surface area (Å²) in [7, 11) is 0. The third-order valence-electron chi connectivity index (χ3n) is 3.64. The first kappa shape index (κ1) is 14.3. The Bertz CT molecular complexity index is 738. The average Bonchev–Trinajstić information content (AvgIpc) is 2.90. The predicted molar refractivity (Wildman–Crippen MR) is 72.7 cm³/mol. The first-order valence-electron chi connectivity index (χ1n) is 6.64. The Morgan fingerprint density at radius 3 is 2.64 bits per heavy atom. The molecule has 0 spiro atoms. The Hall–Kier alpha value is -2.62. The van der Waals surface area contributed by atoms with Gasteiger partial charge in [0, 0.05) is 25.2 Å². The summed E-state index contributed by atoms with van der Waals surface area (Å²) < 4.78 is 41.6. The topological polar surface area (TPSA) is 52.8 Å². The van der Waals surface area contributed by atoms with Gasteiger partial charge >= 0.3 is 0 Å². The molecule has 3 rings (SSSR count). The lowest BCUT2D eigenvalue weighted by Crippen LogP contribution is -2.28. The summed E-state index contributed by atoms with van der Waals surface area (Å²) in [6, 6.07) is 6.04. The van der Waals surface area contributed by atoms with Crippen LogP contribution < -0.4 is 4.90 Å². The van der Waals surface area contributed by atoms with E-state index in [4.69, 9.17) is 5.26 Å². The molecule has 4 nitrogen and oxygen atoms in total. The molecule has 7 heteroatoms. The zero-order valence-corrected chi connectivity index (χ0v) is 11.4. The lowest BCUT2D eigenvalue weighted by molar-refractivity contribution is 0.194. The van der Waals surface area contributed by atoms with Crippen LogP contribution in [-0.4, -0.2) is 23.1 Å². The number of nitrogens with zero attached hydrogens (tertiary/aromatic N) is 4. The van der Waals surface area contributed by atoms with Gasteiger partial charge in [0.05, 0.1) is 6.54 Å². The molecule has 1 aliphatic rings. The molecular weight excluding hydrogens is 293 g/mol. The van der Waals surface area contributed by atoms with Crippen LogP contribution in [-0.2, 0) is 5.67 Å². The van der Waals surface area contributed by atoms with Gasteiger partial charge in [0.2, 0.25) is 5.95 Å². The van der Waals surface area contributed by atoms with Crippen LogP contribution in [0.5, 0.6) is 0 Å². The molecule has 1 aromatic carbocycles. The van der Waals surface area contributed by atoms with Crippen molar-refractivity contribution in [2.75, 3.05) is 18.0 Å². The quantitative estimate of drug-likeness (QED) is 0.856. The normalized spacial score (nSPS) is 20.9. The molecule has 0 unspecified atom stereocenters. The van der Waals surface area contributed by atoms with Crippen molar-refractivity contribution < 1.29 is 13.2 Å². The summed E-state index contributed by atoms with van der Waals surface area (Å²) in [5, 5.41) is 8.83. The van der Waals surface area contributed by atoms with Crippen molar-refractivity contribution in [1.82, 2.24) is 9.97 Å². The molecule has 0 bridgehead atoms. The van der Waals surface area contributed by atoms with Crippen LogP contribution in [0.15, 0.2) is 30.5 Å². The van der Waals surface area contributed by atoms with Gasteiger partial charge in [-0.2, -0.15) is 5.26 Å². The maximum atomic E-state index is 15.0. The summed E-state index contributed by atoms with van der Waals surface area (Å²) in [6.45, 7) is 0.175. The van der Waals surface area contributed by atoms with E-state index in [2.05, 4.69) is 9.97 Å². The highest BCUT2D eigenvalue weighted by Gasteiger charge is 2.41. The minimum Gasteiger partial charge on any atom is -0.337 e. The Labute approximate surface area is 124 Å². The van der Waals surface area contributed by atoms with Gasteiger partial charge < -0.3 is 4.90 Å². The van der Waals surface area contributed by atoms with Crippen molar-refractivity contribution in [3.8, 4) is 6.07 Å². The molecule has 2 heterocycles. The van der Waals surface area contributed by atoms with Crippen molar-refractivity contribution in [1.29, 1.82) is 5.26 Å². The van der Waals surface area contributed by atoms with E-state index in [0.717, 1.165) is 12.1 Å². The number of anilines is 1. The van der Waals surface area contributed by atoms with Crippen molar-refractivity contribution in [2.45, 2.75) is 12.1 Å². The summed E-state index contributed by atoms with van der Waals surface area (Å²) in [5.41, 5.74) is -1.74. The Morgan fingerprint density at radius 1 is 1.23 bits per heavy atom. The number of hydrogen-bond acceptors (Lipinski definition) is 4. The second kappa shape index (κ2) is 5.30. The van der Waals surface area contributed by atoms with Crippen molar-refractivity contribution >= 4 is 5.95 Å². The zero-order chi connectivity index (χ0) is 15.7. The highest BCUT2D eigenvalue weighted by atomic mass is 19.1. The summed E-state index contributed by atoms with van der Waals surface area (Å²) in [6.07, 6.45) is 1.48. The number of hydrogen-bond donors (Lipinski definition) is 0. The number of aromatic nitrogens is 2. The fourth-order valence-corrected chi connectivity index (χ4v) is 2.55. The van der Waals surface area contributed by atoms with E-state index >= 15 is 4.39 Å². The Kier molecular flexibility index (Phi) is 3.45. The molecule has 0 N–H and O–H groups in total. The average molecular weight is 304 g/mol. The van der Waals surface area contributed by atoms with Gasteiger partial charge in [0.15, 0.2) is 5.67 Å². The second-order valence-electron chi connectivity index (χ2n) is 5.15. The molecular formula is C15H11F3N4. The number of alkyl halides is 1. The molecule has 1 aromatic heterocycles. The Balaban J connectivity index is 1.88. The van der Waals surface area contributed by atoms with E-state index in [9.17, 15) is 8.78 Å². The van der Waals surface area contributed by atoms with Crippen molar-refractivity contribution in [2.24, 2.45) is 0 Å². The van der Waals surface area contributed by atoms with Crippen LogP contribution in [0.25, 0.3) is 0 Å². The molecule has 1 saturated heterocycles. The first-order valence-corrected chi connectivity index (χ1v) is 6.64. The summed E-state index contributed by atoms with van der Waals surface area (Å²) >= 11 is 0. The largest absolute Gasteiger partial charge is 0.337 e. The van der Waals surface area contributed by atoms with Crippen LogP contribution in [0, 0.1) is 23.0 Å². The van der Waals surface area contributed by atoms with Crippen LogP contribution in [0.1, 0.15) is 17.7 Å². The van der Waals surface area contributed by atoms with Crippen LogP contribution in [0.2, 0.25) is 0 Å². The second-order valence-corrected chi connectivity index (χ2v) is 5.15. The van der Waals surface area contributed by atoms with Gasteiger partial charge in [-0.25, -0.2) is 23.1 Å². The zero-order valence-electron chi connectivity index (χ0n) is 11.4. The number of rotatable bonds is 2. The fourth-order valence-electron chi connectivity index (χ4n) is 2.55. The lowest BCUT2D eigenvalue weighted by atomic mass is 9.95. The van der Waals surface area contributed by atoms with E-state index in [1.54, 1.807) is 4.90 Å². The molecule has 1 aliphatic heterocycles.